The van der Waals surface area contributed by atoms with Gasteiger partial charge in [-0.2, -0.15) is 13.2 Å². The van der Waals surface area contributed by atoms with Crippen molar-refractivity contribution >= 4 is 15.9 Å². The van der Waals surface area contributed by atoms with Crippen molar-refractivity contribution in [3.8, 4) is 17.2 Å². The van der Waals surface area contributed by atoms with E-state index in [1.807, 2.05) is 18.2 Å². The predicted molar refractivity (Wildman–Crippen MR) is 102 cm³/mol. The molecule has 0 saturated heterocycles. The van der Waals surface area contributed by atoms with Crippen molar-refractivity contribution in [2.45, 2.75) is 10.5 Å². The van der Waals surface area contributed by atoms with Gasteiger partial charge in [-0.05, 0) is 47.5 Å². The highest BCUT2D eigenvalue weighted by Crippen LogP contribution is 2.52. The third-order valence-corrected chi connectivity index (χ3v) is 5.45. The van der Waals surface area contributed by atoms with E-state index in [0.717, 1.165) is 0 Å². The molecule has 3 aromatic carbocycles. The maximum absolute atomic E-state index is 14.0. The summed E-state index contributed by atoms with van der Waals surface area (Å²) in [7, 11) is 1.42. The molecule has 0 saturated carbocycles. The van der Waals surface area contributed by atoms with E-state index in [9.17, 15) is 13.2 Å². The minimum absolute atomic E-state index is 0.0334. The summed E-state index contributed by atoms with van der Waals surface area (Å²) in [5.41, 5.74) is 0.0785. The molecule has 0 amide bonds. The van der Waals surface area contributed by atoms with E-state index in [0.29, 0.717) is 17.2 Å². The zero-order valence-electron chi connectivity index (χ0n) is 14.3. The molecular weight excluding hydrogens is 421 g/mol. The minimum Gasteiger partial charge on any atom is -0.497 e. The number of methoxy groups -OCH3 is 1. The van der Waals surface area contributed by atoms with Crippen LogP contribution in [-0.2, 0) is 4.32 Å². The number of para-hydroxylation sites is 1. The average Bonchev–Trinajstić information content (AvgIpc) is 2.68. The van der Waals surface area contributed by atoms with Gasteiger partial charge in [0.25, 0.3) is 0 Å². The van der Waals surface area contributed by atoms with E-state index >= 15 is 0 Å². The second-order valence-corrected chi connectivity index (χ2v) is 7.02. The number of hydrogen-bond donors (Lipinski definition) is 0. The lowest BCUT2D eigenvalue weighted by molar-refractivity contribution is -0.149. The summed E-state index contributed by atoms with van der Waals surface area (Å²) in [4.78, 5) is 0. The quantitative estimate of drug-likeness (QED) is 0.414. The van der Waals surface area contributed by atoms with Crippen molar-refractivity contribution in [2.24, 2.45) is 0 Å². The number of hydrogen-bond acceptors (Lipinski definition) is 2. The fourth-order valence-electron chi connectivity index (χ4n) is 2.71. The van der Waals surface area contributed by atoms with Gasteiger partial charge >= 0.3 is 6.18 Å². The van der Waals surface area contributed by atoms with Gasteiger partial charge in [-0.15, -0.1) is 0 Å². The molecule has 2 nitrogen and oxygen atoms in total. The Balaban J connectivity index is 1.98. The molecule has 6 heteroatoms. The van der Waals surface area contributed by atoms with E-state index in [1.165, 1.54) is 49.6 Å². The molecule has 1 atom stereocenters. The number of alkyl halides is 4. The molecule has 140 valence electrons. The van der Waals surface area contributed by atoms with E-state index in [4.69, 9.17) is 9.47 Å². The van der Waals surface area contributed by atoms with E-state index < -0.39 is 10.5 Å². The van der Waals surface area contributed by atoms with Gasteiger partial charge in [0, 0.05) is 0 Å². The molecule has 0 N–H and O–H groups in total. The van der Waals surface area contributed by atoms with Crippen LogP contribution in [0.25, 0.3) is 0 Å². The first-order chi connectivity index (χ1) is 12.8. The molecule has 3 rings (SSSR count). The Bertz CT molecular complexity index is 895. The van der Waals surface area contributed by atoms with Gasteiger partial charge < -0.3 is 9.47 Å². The van der Waals surface area contributed by atoms with Gasteiger partial charge in [-0.25, -0.2) is 0 Å². The Morgan fingerprint density at radius 1 is 0.704 bits per heavy atom. The SMILES string of the molecule is COc1cccc(C(Br)(c2ccc(Oc3ccccc3)cc2)C(F)(F)F)c1. The lowest BCUT2D eigenvalue weighted by Crippen LogP contribution is -2.37. The Morgan fingerprint density at radius 2 is 1.30 bits per heavy atom. The smallest absolute Gasteiger partial charge is 0.411 e. The molecule has 0 bridgehead atoms. The molecule has 0 heterocycles. The Kier molecular flexibility index (Phi) is 5.46. The lowest BCUT2D eigenvalue weighted by Gasteiger charge is -2.31. The van der Waals surface area contributed by atoms with Gasteiger partial charge in [-0.1, -0.05) is 58.4 Å². The highest BCUT2D eigenvalue weighted by molar-refractivity contribution is 9.09. The molecule has 0 spiro atoms. The summed E-state index contributed by atoms with van der Waals surface area (Å²) in [6.45, 7) is 0. The maximum atomic E-state index is 14.0. The molecule has 0 fully saturated rings. The van der Waals surface area contributed by atoms with Gasteiger partial charge in [-0.3, -0.25) is 0 Å². The molecular formula is C21H16BrF3O2. The second-order valence-electron chi connectivity index (χ2n) is 5.83. The molecule has 0 aliphatic rings. The third-order valence-electron chi connectivity index (χ3n) is 4.09. The molecule has 1 unspecified atom stereocenters. The zero-order valence-corrected chi connectivity index (χ0v) is 15.9. The second kappa shape index (κ2) is 7.64. The minimum atomic E-state index is -4.57. The van der Waals surface area contributed by atoms with Crippen LogP contribution in [0.15, 0.2) is 78.9 Å². The topological polar surface area (TPSA) is 18.5 Å². The molecule has 0 aliphatic carbocycles. The number of halogens is 4. The largest absolute Gasteiger partial charge is 0.497 e. The van der Waals surface area contributed by atoms with E-state index in [2.05, 4.69) is 15.9 Å². The molecule has 0 radical (unpaired) electrons. The van der Waals surface area contributed by atoms with Crippen LogP contribution in [-0.4, -0.2) is 13.3 Å². The van der Waals surface area contributed by atoms with Crippen LogP contribution in [0.2, 0.25) is 0 Å². The standard InChI is InChI=1S/C21H16BrF3O2/c1-26-19-9-5-6-16(14-19)20(22,21(23,24)25)15-10-12-18(13-11-15)27-17-7-3-2-4-8-17/h2-14H,1H3. The number of benzene rings is 3. The van der Waals surface area contributed by atoms with Crippen molar-refractivity contribution < 1.29 is 22.6 Å². The van der Waals surface area contributed by atoms with Crippen LogP contribution in [0.5, 0.6) is 17.2 Å². The summed E-state index contributed by atoms with van der Waals surface area (Å²) < 4.78 is 50.5. The van der Waals surface area contributed by atoms with Gasteiger partial charge in [0.2, 0.25) is 0 Å². The Hall–Kier alpha value is -2.47. The summed E-state index contributed by atoms with van der Waals surface area (Å²) in [6, 6.07) is 20.8. The first-order valence-corrected chi connectivity index (χ1v) is 8.87. The molecule has 0 aliphatic heterocycles. The maximum Gasteiger partial charge on any atom is 0.411 e. The molecule has 27 heavy (non-hydrogen) atoms. The zero-order chi connectivity index (χ0) is 19.5. The molecule has 3 aromatic rings. The predicted octanol–water partition coefficient (Wildman–Crippen LogP) is 6.69. The van der Waals surface area contributed by atoms with Crippen molar-refractivity contribution in [1.29, 1.82) is 0 Å². The number of ether oxygens (including phenoxy) is 2. The number of rotatable bonds is 5. The van der Waals surface area contributed by atoms with E-state index in [-0.39, 0.29) is 11.1 Å². The van der Waals surface area contributed by atoms with Crippen molar-refractivity contribution in [3.05, 3.63) is 90.0 Å². The van der Waals surface area contributed by atoms with Crippen molar-refractivity contribution in [2.75, 3.05) is 7.11 Å². The van der Waals surface area contributed by atoms with Crippen molar-refractivity contribution in [3.63, 3.8) is 0 Å². The Morgan fingerprint density at radius 3 is 1.89 bits per heavy atom. The lowest BCUT2D eigenvalue weighted by atomic mass is 9.90. The van der Waals surface area contributed by atoms with Gasteiger partial charge in [0.15, 0.2) is 4.32 Å². The summed E-state index contributed by atoms with van der Waals surface area (Å²) in [6.07, 6.45) is -4.57. The summed E-state index contributed by atoms with van der Waals surface area (Å²) >= 11 is 2.96. The molecule has 0 aromatic heterocycles. The van der Waals surface area contributed by atoms with Crippen LogP contribution in [0, 0.1) is 0 Å². The fraction of sp³-hybridized carbons (Fsp3) is 0.143. The highest BCUT2D eigenvalue weighted by Gasteiger charge is 2.55. The first kappa shape index (κ1) is 19.3. The summed E-state index contributed by atoms with van der Waals surface area (Å²) in [5, 5.41) is 0. The normalized spacial score (nSPS) is 13.7. The summed E-state index contributed by atoms with van der Waals surface area (Å²) in [5.74, 6) is 1.41. The van der Waals surface area contributed by atoms with E-state index in [1.54, 1.807) is 18.2 Å². The first-order valence-electron chi connectivity index (χ1n) is 8.08. The average molecular weight is 437 g/mol. The van der Waals surface area contributed by atoms with Gasteiger partial charge in [0.1, 0.15) is 17.2 Å². The Labute approximate surface area is 163 Å². The third kappa shape index (κ3) is 3.95. The van der Waals surface area contributed by atoms with Crippen LogP contribution < -0.4 is 9.47 Å². The van der Waals surface area contributed by atoms with Crippen LogP contribution >= 0.6 is 15.9 Å². The van der Waals surface area contributed by atoms with Gasteiger partial charge in [0.05, 0.1) is 7.11 Å². The fourth-order valence-corrected chi connectivity index (χ4v) is 3.22. The van der Waals surface area contributed by atoms with Crippen LogP contribution in [0.3, 0.4) is 0 Å². The highest BCUT2D eigenvalue weighted by atomic mass is 79.9. The van der Waals surface area contributed by atoms with Crippen LogP contribution in [0.4, 0.5) is 13.2 Å². The van der Waals surface area contributed by atoms with Crippen LogP contribution in [0.1, 0.15) is 11.1 Å². The monoisotopic (exact) mass is 436 g/mol. The van der Waals surface area contributed by atoms with Crippen molar-refractivity contribution in [1.82, 2.24) is 0 Å².